The lowest BCUT2D eigenvalue weighted by molar-refractivity contribution is 0.317. The molecule has 0 aliphatic heterocycles. The summed E-state index contributed by atoms with van der Waals surface area (Å²) in [7, 11) is -1.01. The zero-order valence-corrected chi connectivity index (χ0v) is 13.7. The van der Waals surface area contributed by atoms with E-state index in [1.165, 1.54) is 0 Å². The molecule has 0 bridgehead atoms. The lowest BCUT2D eigenvalue weighted by Gasteiger charge is -2.09. The van der Waals surface area contributed by atoms with E-state index in [1.807, 2.05) is 25.2 Å². The Labute approximate surface area is 123 Å². The minimum absolute atomic E-state index is 0.184. The highest BCUT2D eigenvalue weighted by atomic mass is 79.9. The van der Waals surface area contributed by atoms with Gasteiger partial charge in [-0.3, -0.25) is 0 Å². The molecule has 1 rings (SSSR count). The van der Waals surface area contributed by atoms with Crippen LogP contribution in [0.4, 0.5) is 0 Å². The number of hydrogen-bond donors (Lipinski definition) is 1. The molecule has 1 aromatic carbocycles. The first kappa shape index (κ1) is 16.5. The second kappa shape index (κ2) is 7.87. The molecule has 0 amide bonds. The van der Waals surface area contributed by atoms with Gasteiger partial charge in [-0.1, -0.05) is 22.9 Å². The van der Waals surface area contributed by atoms with E-state index in [0.717, 1.165) is 22.3 Å². The van der Waals surface area contributed by atoms with Crippen molar-refractivity contribution in [2.75, 3.05) is 25.2 Å². The molecule has 0 aliphatic carbocycles. The molecule has 1 aromatic rings. The summed E-state index contributed by atoms with van der Waals surface area (Å²) in [5, 5.41) is 3.08. The molecule has 6 heteroatoms. The molecule has 0 saturated carbocycles. The molecule has 0 aromatic heterocycles. The lowest BCUT2D eigenvalue weighted by Crippen LogP contribution is -2.12. The molecule has 0 unspecified atom stereocenters. The minimum Gasteiger partial charge on any atom is -0.494 e. The third-order valence-electron chi connectivity index (χ3n) is 2.69. The minimum atomic E-state index is -2.89. The van der Waals surface area contributed by atoms with Crippen molar-refractivity contribution in [1.29, 1.82) is 0 Å². The van der Waals surface area contributed by atoms with E-state index in [0.29, 0.717) is 13.0 Å². The highest BCUT2D eigenvalue weighted by molar-refractivity contribution is 9.10. The lowest BCUT2D eigenvalue weighted by atomic mass is 10.2. The Morgan fingerprint density at radius 2 is 2.11 bits per heavy atom. The van der Waals surface area contributed by atoms with E-state index in [2.05, 4.69) is 21.2 Å². The number of rotatable bonds is 8. The number of hydrogen-bond acceptors (Lipinski definition) is 4. The summed E-state index contributed by atoms with van der Waals surface area (Å²) in [5.74, 6) is 1.14. The summed E-state index contributed by atoms with van der Waals surface area (Å²) in [6.45, 7) is 2.83. The Morgan fingerprint density at radius 1 is 1.37 bits per heavy atom. The number of benzene rings is 1. The van der Waals surface area contributed by atoms with Crippen LogP contribution in [0.15, 0.2) is 22.7 Å². The third kappa shape index (κ3) is 5.93. The van der Waals surface area contributed by atoms with E-state index >= 15 is 0 Å². The van der Waals surface area contributed by atoms with Gasteiger partial charge in [0.2, 0.25) is 0 Å². The summed E-state index contributed by atoms with van der Waals surface area (Å²) in [6, 6.07) is 5.76. The first-order valence-electron chi connectivity index (χ1n) is 6.24. The first-order chi connectivity index (χ1) is 8.98. The zero-order chi connectivity index (χ0) is 14.3. The second-order valence-corrected chi connectivity index (χ2v) is 7.55. The molecular weight excluding hydrogens is 330 g/mol. The van der Waals surface area contributed by atoms with E-state index in [4.69, 9.17) is 4.74 Å². The van der Waals surface area contributed by atoms with Gasteiger partial charge in [0.15, 0.2) is 0 Å². The van der Waals surface area contributed by atoms with Crippen LogP contribution >= 0.6 is 15.9 Å². The van der Waals surface area contributed by atoms with Crippen molar-refractivity contribution in [1.82, 2.24) is 5.32 Å². The average molecular weight is 350 g/mol. The van der Waals surface area contributed by atoms with Gasteiger partial charge in [0, 0.05) is 16.8 Å². The van der Waals surface area contributed by atoms with E-state index in [1.54, 1.807) is 6.92 Å². The van der Waals surface area contributed by atoms with Crippen LogP contribution in [0.25, 0.3) is 0 Å². The summed E-state index contributed by atoms with van der Waals surface area (Å²) in [4.78, 5) is 0. The Morgan fingerprint density at radius 3 is 2.74 bits per heavy atom. The van der Waals surface area contributed by atoms with E-state index < -0.39 is 9.84 Å². The molecule has 0 atom stereocenters. The van der Waals surface area contributed by atoms with Crippen molar-refractivity contribution in [3.63, 3.8) is 0 Å². The van der Waals surface area contributed by atoms with Crippen LogP contribution in [-0.4, -0.2) is 33.6 Å². The standard InChI is InChI=1S/C13H20BrNO3S/c1-3-19(16,17)8-4-7-18-12-5-6-13(14)11(9-12)10-15-2/h5-6,9,15H,3-4,7-8,10H2,1-2H3. The summed E-state index contributed by atoms with van der Waals surface area (Å²) >= 11 is 3.47. The Hall–Kier alpha value is -0.590. The van der Waals surface area contributed by atoms with Crippen LogP contribution < -0.4 is 10.1 Å². The Kier molecular flexibility index (Phi) is 6.82. The normalized spacial score (nSPS) is 11.5. The second-order valence-electron chi connectivity index (χ2n) is 4.22. The third-order valence-corrected chi connectivity index (χ3v) is 5.26. The van der Waals surface area contributed by atoms with Gasteiger partial charge in [-0.2, -0.15) is 0 Å². The highest BCUT2D eigenvalue weighted by Gasteiger charge is 2.07. The molecule has 1 N–H and O–H groups in total. The molecule has 0 heterocycles. The molecule has 19 heavy (non-hydrogen) atoms. The topological polar surface area (TPSA) is 55.4 Å². The Balaban J connectivity index is 2.48. The summed E-state index contributed by atoms with van der Waals surface area (Å²) in [5.41, 5.74) is 1.11. The number of sulfone groups is 1. The molecule has 0 aliphatic rings. The van der Waals surface area contributed by atoms with E-state index in [-0.39, 0.29) is 11.5 Å². The summed E-state index contributed by atoms with van der Waals surface area (Å²) < 4.78 is 29.3. The van der Waals surface area contributed by atoms with Crippen LogP contribution in [0, 0.1) is 0 Å². The fourth-order valence-corrected chi connectivity index (χ4v) is 2.81. The quantitative estimate of drug-likeness (QED) is 0.732. The monoisotopic (exact) mass is 349 g/mol. The van der Waals surface area contributed by atoms with Crippen molar-refractivity contribution in [3.8, 4) is 5.75 Å². The van der Waals surface area contributed by atoms with Gasteiger partial charge in [-0.25, -0.2) is 8.42 Å². The summed E-state index contributed by atoms with van der Waals surface area (Å²) in [6.07, 6.45) is 0.521. The van der Waals surface area contributed by atoms with Gasteiger partial charge in [0.25, 0.3) is 0 Å². The Bertz CT molecular complexity index is 503. The van der Waals surface area contributed by atoms with Gasteiger partial charge in [0.1, 0.15) is 15.6 Å². The van der Waals surface area contributed by atoms with Gasteiger partial charge in [-0.15, -0.1) is 0 Å². The number of nitrogens with one attached hydrogen (secondary N) is 1. The predicted molar refractivity (Wildman–Crippen MR) is 81.3 cm³/mol. The number of halogens is 1. The smallest absolute Gasteiger partial charge is 0.150 e. The van der Waals surface area contributed by atoms with Gasteiger partial charge in [0.05, 0.1) is 12.4 Å². The SMILES string of the molecule is CCS(=O)(=O)CCCOc1ccc(Br)c(CNC)c1. The molecule has 0 fully saturated rings. The van der Waals surface area contributed by atoms with Crippen LogP contribution in [-0.2, 0) is 16.4 Å². The number of ether oxygens (including phenoxy) is 1. The van der Waals surface area contributed by atoms with Crippen LogP contribution in [0.3, 0.4) is 0 Å². The van der Waals surface area contributed by atoms with Crippen LogP contribution in [0.5, 0.6) is 5.75 Å². The molecule has 4 nitrogen and oxygen atoms in total. The molecule has 0 saturated heterocycles. The molecular formula is C13H20BrNO3S. The van der Waals surface area contributed by atoms with Gasteiger partial charge in [-0.05, 0) is 37.2 Å². The average Bonchev–Trinajstić information content (AvgIpc) is 2.38. The van der Waals surface area contributed by atoms with Crippen LogP contribution in [0.2, 0.25) is 0 Å². The van der Waals surface area contributed by atoms with Crippen molar-refractivity contribution in [3.05, 3.63) is 28.2 Å². The highest BCUT2D eigenvalue weighted by Crippen LogP contribution is 2.22. The van der Waals surface area contributed by atoms with E-state index in [9.17, 15) is 8.42 Å². The predicted octanol–water partition coefficient (Wildman–Crippen LogP) is 2.37. The molecule has 0 radical (unpaired) electrons. The molecule has 0 spiro atoms. The van der Waals surface area contributed by atoms with Crippen molar-refractivity contribution >= 4 is 25.8 Å². The van der Waals surface area contributed by atoms with Crippen molar-refractivity contribution < 1.29 is 13.2 Å². The fourth-order valence-electron chi connectivity index (χ4n) is 1.58. The molecule has 108 valence electrons. The fraction of sp³-hybridized carbons (Fsp3) is 0.538. The van der Waals surface area contributed by atoms with Crippen molar-refractivity contribution in [2.45, 2.75) is 19.9 Å². The maximum Gasteiger partial charge on any atom is 0.150 e. The zero-order valence-electron chi connectivity index (χ0n) is 11.3. The van der Waals surface area contributed by atoms with Crippen LogP contribution in [0.1, 0.15) is 18.9 Å². The maximum absolute atomic E-state index is 11.3. The maximum atomic E-state index is 11.3. The largest absolute Gasteiger partial charge is 0.494 e. The first-order valence-corrected chi connectivity index (χ1v) is 8.86. The van der Waals surface area contributed by atoms with Crippen molar-refractivity contribution in [2.24, 2.45) is 0 Å². The van der Waals surface area contributed by atoms with Gasteiger partial charge < -0.3 is 10.1 Å². The van der Waals surface area contributed by atoms with Gasteiger partial charge >= 0.3 is 0 Å².